The third-order valence-corrected chi connectivity index (χ3v) is 3.61. The Labute approximate surface area is 115 Å². The lowest BCUT2D eigenvalue weighted by molar-refractivity contribution is -0.141. The molecule has 1 aromatic carbocycles. The number of aromatic hydroxyl groups is 1. The Kier molecular flexibility index (Phi) is 3.14. The van der Waals surface area contributed by atoms with Gasteiger partial charge in [-0.05, 0) is 30.5 Å². The fourth-order valence-electron chi connectivity index (χ4n) is 2.62. The summed E-state index contributed by atoms with van der Waals surface area (Å²) in [6.07, 6.45) is 2.72. The van der Waals surface area contributed by atoms with E-state index < -0.39 is 12.0 Å². The van der Waals surface area contributed by atoms with Crippen molar-refractivity contribution >= 4 is 5.97 Å². The van der Waals surface area contributed by atoms with Gasteiger partial charge in [-0.3, -0.25) is 0 Å². The first kappa shape index (κ1) is 12.7. The number of hydrogen-bond acceptors (Lipinski definition) is 4. The standard InChI is InChI=1S/C14H15N3O3/c18-10-6-4-9(5-7-10)8-13-16-15-12-3-1-2-11(14(19)20)17(12)13/h4-7,11,18H,1-3,8H2,(H,19,20). The van der Waals surface area contributed by atoms with Gasteiger partial charge < -0.3 is 14.8 Å². The Bertz CT molecular complexity index is 634. The molecule has 2 heterocycles. The molecule has 1 unspecified atom stereocenters. The lowest BCUT2D eigenvalue weighted by Gasteiger charge is -2.22. The van der Waals surface area contributed by atoms with E-state index in [1.165, 1.54) is 0 Å². The van der Waals surface area contributed by atoms with Crippen molar-refractivity contribution in [3.63, 3.8) is 0 Å². The largest absolute Gasteiger partial charge is 0.508 e. The number of nitrogens with zero attached hydrogens (tertiary/aromatic N) is 3. The van der Waals surface area contributed by atoms with E-state index in [2.05, 4.69) is 10.2 Å². The highest BCUT2D eigenvalue weighted by molar-refractivity contribution is 5.72. The zero-order chi connectivity index (χ0) is 14.1. The van der Waals surface area contributed by atoms with Gasteiger partial charge in [-0.15, -0.1) is 10.2 Å². The Balaban J connectivity index is 1.93. The predicted octanol–water partition coefficient (Wildman–Crippen LogP) is 1.54. The van der Waals surface area contributed by atoms with Crippen LogP contribution in [-0.4, -0.2) is 30.9 Å². The van der Waals surface area contributed by atoms with Crippen molar-refractivity contribution < 1.29 is 15.0 Å². The molecule has 0 amide bonds. The molecule has 1 aromatic heterocycles. The van der Waals surface area contributed by atoms with Crippen molar-refractivity contribution in [1.29, 1.82) is 0 Å². The summed E-state index contributed by atoms with van der Waals surface area (Å²) in [5.41, 5.74) is 0.965. The SMILES string of the molecule is O=C(O)C1CCCc2nnc(Cc3ccc(O)cc3)n21. The number of hydrogen-bond donors (Lipinski definition) is 2. The molecule has 0 aliphatic carbocycles. The third kappa shape index (κ3) is 2.24. The zero-order valence-electron chi connectivity index (χ0n) is 10.9. The highest BCUT2D eigenvalue weighted by Gasteiger charge is 2.29. The summed E-state index contributed by atoms with van der Waals surface area (Å²) in [5, 5.41) is 26.8. The minimum absolute atomic E-state index is 0.209. The van der Waals surface area contributed by atoms with Crippen LogP contribution < -0.4 is 0 Å². The van der Waals surface area contributed by atoms with Crippen molar-refractivity contribution in [3.05, 3.63) is 41.5 Å². The van der Waals surface area contributed by atoms with Crippen molar-refractivity contribution in [2.24, 2.45) is 0 Å². The maximum absolute atomic E-state index is 11.4. The van der Waals surface area contributed by atoms with Crippen LogP contribution in [0.2, 0.25) is 0 Å². The van der Waals surface area contributed by atoms with Crippen LogP contribution in [0, 0.1) is 0 Å². The summed E-state index contributed by atoms with van der Waals surface area (Å²) in [7, 11) is 0. The van der Waals surface area contributed by atoms with Crippen LogP contribution in [0.5, 0.6) is 5.75 Å². The van der Waals surface area contributed by atoms with Crippen LogP contribution in [0.3, 0.4) is 0 Å². The summed E-state index contributed by atoms with van der Waals surface area (Å²) in [6.45, 7) is 0. The van der Waals surface area contributed by atoms with Crippen LogP contribution in [0.15, 0.2) is 24.3 Å². The number of aromatic nitrogens is 3. The molecule has 0 fully saturated rings. The number of carbonyl (C=O) groups is 1. The second-order valence-corrected chi connectivity index (χ2v) is 4.99. The minimum Gasteiger partial charge on any atom is -0.508 e. The first-order chi connectivity index (χ1) is 9.65. The average Bonchev–Trinajstić information content (AvgIpc) is 2.84. The molecule has 0 bridgehead atoms. The van der Waals surface area contributed by atoms with Gasteiger partial charge in [0, 0.05) is 12.8 Å². The van der Waals surface area contributed by atoms with E-state index in [0.29, 0.717) is 18.7 Å². The number of aryl methyl sites for hydroxylation is 1. The third-order valence-electron chi connectivity index (χ3n) is 3.61. The Morgan fingerprint density at radius 3 is 2.75 bits per heavy atom. The van der Waals surface area contributed by atoms with Gasteiger partial charge in [0.05, 0.1) is 0 Å². The molecule has 0 saturated heterocycles. The Morgan fingerprint density at radius 2 is 2.05 bits per heavy atom. The maximum Gasteiger partial charge on any atom is 0.326 e. The quantitative estimate of drug-likeness (QED) is 0.885. The van der Waals surface area contributed by atoms with Crippen molar-refractivity contribution in [1.82, 2.24) is 14.8 Å². The smallest absolute Gasteiger partial charge is 0.326 e. The van der Waals surface area contributed by atoms with Gasteiger partial charge in [0.15, 0.2) is 0 Å². The van der Waals surface area contributed by atoms with Crippen LogP contribution in [0.1, 0.15) is 36.1 Å². The fraction of sp³-hybridized carbons (Fsp3) is 0.357. The Hall–Kier alpha value is -2.37. The minimum atomic E-state index is -0.835. The number of phenols is 1. The molecule has 0 saturated carbocycles. The summed E-state index contributed by atoms with van der Waals surface area (Å²) in [6, 6.07) is 6.25. The molecule has 1 aliphatic heterocycles. The molecule has 20 heavy (non-hydrogen) atoms. The summed E-state index contributed by atoms with van der Waals surface area (Å²) >= 11 is 0. The molecule has 104 valence electrons. The van der Waals surface area contributed by atoms with E-state index in [0.717, 1.165) is 24.2 Å². The number of carboxylic acids is 1. The van der Waals surface area contributed by atoms with Gasteiger partial charge in [0.2, 0.25) is 0 Å². The molecule has 1 aliphatic rings. The van der Waals surface area contributed by atoms with Crippen LogP contribution in [-0.2, 0) is 17.6 Å². The van der Waals surface area contributed by atoms with E-state index in [4.69, 9.17) is 0 Å². The molecule has 0 spiro atoms. The normalized spacial score (nSPS) is 17.7. The Morgan fingerprint density at radius 1 is 1.30 bits per heavy atom. The maximum atomic E-state index is 11.4. The van der Waals surface area contributed by atoms with Crippen molar-refractivity contribution in [3.8, 4) is 5.75 Å². The topological polar surface area (TPSA) is 88.2 Å². The molecule has 2 N–H and O–H groups in total. The van der Waals surface area contributed by atoms with Gasteiger partial charge in [0.25, 0.3) is 0 Å². The van der Waals surface area contributed by atoms with E-state index in [1.54, 1.807) is 28.8 Å². The average molecular weight is 273 g/mol. The molecule has 1 atom stereocenters. The van der Waals surface area contributed by atoms with Gasteiger partial charge in [-0.1, -0.05) is 12.1 Å². The number of benzene rings is 1. The summed E-state index contributed by atoms with van der Waals surface area (Å²) < 4.78 is 1.75. The first-order valence-corrected chi connectivity index (χ1v) is 6.58. The van der Waals surface area contributed by atoms with E-state index >= 15 is 0 Å². The predicted molar refractivity (Wildman–Crippen MR) is 70.5 cm³/mol. The molecule has 6 nitrogen and oxygen atoms in total. The van der Waals surface area contributed by atoms with Crippen LogP contribution in [0.4, 0.5) is 0 Å². The van der Waals surface area contributed by atoms with E-state index in [-0.39, 0.29) is 5.75 Å². The van der Waals surface area contributed by atoms with Crippen molar-refractivity contribution in [2.75, 3.05) is 0 Å². The van der Waals surface area contributed by atoms with Gasteiger partial charge in [0.1, 0.15) is 23.4 Å². The lowest BCUT2D eigenvalue weighted by atomic mass is 10.0. The van der Waals surface area contributed by atoms with Gasteiger partial charge in [-0.2, -0.15) is 0 Å². The van der Waals surface area contributed by atoms with Crippen molar-refractivity contribution in [2.45, 2.75) is 31.7 Å². The number of rotatable bonds is 3. The van der Waals surface area contributed by atoms with Crippen LogP contribution >= 0.6 is 0 Å². The first-order valence-electron chi connectivity index (χ1n) is 6.58. The second-order valence-electron chi connectivity index (χ2n) is 4.99. The number of fused-ring (bicyclic) bond motifs is 1. The molecular formula is C14H15N3O3. The molecular weight excluding hydrogens is 258 g/mol. The molecule has 2 aromatic rings. The summed E-state index contributed by atoms with van der Waals surface area (Å²) in [5.74, 6) is 0.786. The molecule has 0 radical (unpaired) electrons. The fourth-order valence-corrected chi connectivity index (χ4v) is 2.62. The number of aliphatic carboxylic acids is 1. The van der Waals surface area contributed by atoms with E-state index in [1.807, 2.05) is 0 Å². The number of carboxylic acid groups (broad SMARTS) is 1. The van der Waals surface area contributed by atoms with E-state index in [9.17, 15) is 15.0 Å². The van der Waals surface area contributed by atoms with Gasteiger partial charge in [-0.25, -0.2) is 4.79 Å². The molecule has 3 rings (SSSR count). The lowest BCUT2D eigenvalue weighted by Crippen LogP contribution is -2.26. The molecule has 6 heteroatoms. The zero-order valence-corrected chi connectivity index (χ0v) is 10.9. The van der Waals surface area contributed by atoms with Gasteiger partial charge >= 0.3 is 5.97 Å². The summed E-state index contributed by atoms with van der Waals surface area (Å²) in [4.78, 5) is 11.4. The highest BCUT2D eigenvalue weighted by atomic mass is 16.4. The monoisotopic (exact) mass is 273 g/mol. The number of phenolic OH excluding ortho intramolecular Hbond substituents is 1. The highest BCUT2D eigenvalue weighted by Crippen LogP contribution is 2.26. The van der Waals surface area contributed by atoms with Crippen LogP contribution in [0.25, 0.3) is 0 Å². The second kappa shape index (κ2) is 4.96.